The molecule has 2 rings (SSSR count). The summed E-state index contributed by atoms with van der Waals surface area (Å²) in [4.78, 5) is 23.9. The predicted molar refractivity (Wildman–Crippen MR) is 62.1 cm³/mol. The summed E-state index contributed by atoms with van der Waals surface area (Å²) in [5.74, 6) is -0.663. The molecule has 8 nitrogen and oxygen atoms in total. The highest BCUT2D eigenvalue weighted by atomic mass is 16.6. The van der Waals surface area contributed by atoms with Crippen molar-refractivity contribution in [3.05, 3.63) is 27.9 Å². The lowest BCUT2D eigenvalue weighted by Crippen LogP contribution is -2.34. The molecule has 1 amide bonds. The second-order valence-corrected chi connectivity index (χ2v) is 4.21. The van der Waals surface area contributed by atoms with Crippen molar-refractivity contribution in [1.29, 1.82) is 0 Å². The molecule has 0 aromatic carbocycles. The van der Waals surface area contributed by atoms with Gasteiger partial charge < -0.3 is 25.9 Å². The van der Waals surface area contributed by atoms with Crippen LogP contribution in [0.2, 0.25) is 0 Å². The summed E-state index contributed by atoms with van der Waals surface area (Å²) in [6.45, 7) is 1.50. The van der Waals surface area contributed by atoms with E-state index < -0.39 is 16.9 Å². The molecule has 1 aliphatic rings. The topological polar surface area (TPSA) is 120 Å². The minimum Gasteiger partial charge on any atom is -0.391 e. The summed E-state index contributed by atoms with van der Waals surface area (Å²) in [6, 6.07) is 2.59. The monoisotopic (exact) mass is 254 g/mol. The van der Waals surface area contributed by atoms with Crippen molar-refractivity contribution in [2.75, 3.05) is 19.6 Å². The lowest BCUT2D eigenvalue weighted by molar-refractivity contribution is -0.389. The van der Waals surface area contributed by atoms with E-state index in [1.54, 1.807) is 0 Å². The Kier molecular flexibility index (Phi) is 3.58. The van der Waals surface area contributed by atoms with Crippen LogP contribution in [0.1, 0.15) is 10.5 Å². The quantitative estimate of drug-likeness (QED) is 0.415. The highest BCUT2D eigenvalue weighted by molar-refractivity contribution is 5.92. The highest BCUT2D eigenvalue weighted by Crippen LogP contribution is 2.11. The zero-order valence-electron chi connectivity index (χ0n) is 9.55. The number of rotatable bonds is 4. The van der Waals surface area contributed by atoms with Gasteiger partial charge in [-0.2, -0.15) is 0 Å². The van der Waals surface area contributed by atoms with Crippen LogP contribution in [-0.2, 0) is 0 Å². The number of hydrogen-bond donors (Lipinski definition) is 4. The number of nitro groups is 1. The average molecular weight is 254 g/mol. The second kappa shape index (κ2) is 5.15. The van der Waals surface area contributed by atoms with E-state index in [1.165, 1.54) is 12.1 Å². The number of aromatic amines is 1. The van der Waals surface area contributed by atoms with Crippen molar-refractivity contribution in [3.63, 3.8) is 0 Å². The first kappa shape index (κ1) is 12.5. The first-order chi connectivity index (χ1) is 8.58. The predicted octanol–water partition coefficient (Wildman–Crippen LogP) is -0.767. The standard InChI is InChI=1S/C10H14N4O4/c15-8-5-11-3-6(8)4-12-10(16)7-1-2-9(13-7)14(17)18/h1-2,6,8,11,13,15H,3-5H2,(H,12,16). The highest BCUT2D eigenvalue weighted by Gasteiger charge is 2.25. The lowest BCUT2D eigenvalue weighted by Gasteiger charge is -2.12. The molecule has 1 fully saturated rings. The van der Waals surface area contributed by atoms with Gasteiger partial charge in [0, 0.05) is 31.6 Å². The van der Waals surface area contributed by atoms with E-state index in [4.69, 9.17) is 0 Å². The number of carbonyl (C=O) groups excluding carboxylic acids is 1. The Hall–Kier alpha value is -1.93. The molecule has 4 N–H and O–H groups in total. The molecule has 2 atom stereocenters. The van der Waals surface area contributed by atoms with Gasteiger partial charge >= 0.3 is 5.82 Å². The van der Waals surface area contributed by atoms with Crippen LogP contribution >= 0.6 is 0 Å². The van der Waals surface area contributed by atoms with E-state index in [2.05, 4.69) is 15.6 Å². The van der Waals surface area contributed by atoms with Gasteiger partial charge in [-0.1, -0.05) is 0 Å². The van der Waals surface area contributed by atoms with Crippen LogP contribution in [0.4, 0.5) is 5.82 Å². The number of hydrogen-bond acceptors (Lipinski definition) is 5. The summed E-state index contributed by atoms with van der Waals surface area (Å²) in [6.07, 6.45) is -0.469. The largest absolute Gasteiger partial charge is 0.391 e. The minimum absolute atomic E-state index is 0.0288. The van der Waals surface area contributed by atoms with Crippen LogP contribution in [0.5, 0.6) is 0 Å². The maximum absolute atomic E-state index is 11.7. The first-order valence-electron chi connectivity index (χ1n) is 5.58. The molecule has 1 saturated heterocycles. The molecule has 0 bridgehead atoms. The van der Waals surface area contributed by atoms with Gasteiger partial charge in [0.2, 0.25) is 0 Å². The zero-order chi connectivity index (χ0) is 13.1. The van der Waals surface area contributed by atoms with E-state index in [0.717, 1.165) is 0 Å². The van der Waals surface area contributed by atoms with Crippen molar-refractivity contribution in [1.82, 2.24) is 15.6 Å². The molecule has 0 saturated carbocycles. The van der Waals surface area contributed by atoms with Crippen LogP contribution in [0.3, 0.4) is 0 Å². The van der Waals surface area contributed by atoms with Gasteiger partial charge in [-0.3, -0.25) is 4.79 Å². The van der Waals surface area contributed by atoms with Crippen molar-refractivity contribution in [2.45, 2.75) is 6.10 Å². The number of H-pyrrole nitrogens is 1. The smallest absolute Gasteiger partial charge is 0.321 e. The van der Waals surface area contributed by atoms with Gasteiger partial charge in [-0.25, -0.2) is 4.98 Å². The molecule has 18 heavy (non-hydrogen) atoms. The molecule has 0 radical (unpaired) electrons. The second-order valence-electron chi connectivity index (χ2n) is 4.21. The Morgan fingerprint density at radius 3 is 2.89 bits per heavy atom. The number of carbonyl (C=O) groups is 1. The summed E-state index contributed by atoms with van der Waals surface area (Å²) < 4.78 is 0. The fraction of sp³-hybridized carbons (Fsp3) is 0.500. The van der Waals surface area contributed by atoms with E-state index in [1.807, 2.05) is 0 Å². The maximum atomic E-state index is 11.7. The fourth-order valence-corrected chi connectivity index (χ4v) is 1.87. The van der Waals surface area contributed by atoms with Gasteiger partial charge in [-0.05, 0) is 11.0 Å². The van der Waals surface area contributed by atoms with Crippen LogP contribution in [0.15, 0.2) is 12.1 Å². The summed E-state index contributed by atoms with van der Waals surface area (Å²) in [5, 5.41) is 25.6. The van der Waals surface area contributed by atoms with E-state index in [0.29, 0.717) is 19.6 Å². The van der Waals surface area contributed by atoms with Crippen LogP contribution in [-0.4, -0.2) is 46.7 Å². The molecule has 1 aliphatic heterocycles. The normalized spacial score (nSPS) is 22.9. The van der Waals surface area contributed by atoms with Gasteiger partial charge in [0.15, 0.2) is 5.69 Å². The number of amides is 1. The number of aliphatic hydroxyl groups excluding tert-OH is 1. The summed E-state index contributed by atoms with van der Waals surface area (Å²) in [5.41, 5.74) is 0.141. The zero-order valence-corrected chi connectivity index (χ0v) is 9.55. The SMILES string of the molecule is O=C(NCC1CNCC1O)c1ccc([N+](=O)[O-])[nH]1. The molecular weight excluding hydrogens is 240 g/mol. The average Bonchev–Trinajstić information content (AvgIpc) is 2.94. The molecule has 0 spiro atoms. The van der Waals surface area contributed by atoms with Gasteiger partial charge in [-0.15, -0.1) is 0 Å². The Morgan fingerprint density at radius 2 is 2.33 bits per heavy atom. The third-order valence-electron chi connectivity index (χ3n) is 2.94. The third-order valence-corrected chi connectivity index (χ3v) is 2.94. The third kappa shape index (κ3) is 2.66. The number of nitrogens with one attached hydrogen (secondary N) is 3. The van der Waals surface area contributed by atoms with Crippen molar-refractivity contribution in [2.24, 2.45) is 5.92 Å². The van der Waals surface area contributed by atoms with Crippen molar-refractivity contribution < 1.29 is 14.8 Å². The minimum atomic E-state index is -0.596. The van der Waals surface area contributed by atoms with Gasteiger partial charge in [0.1, 0.15) is 0 Å². The molecule has 1 aromatic heterocycles. The molecule has 0 aliphatic carbocycles. The number of β-amino-alcohol motifs (C(OH)–C–C–N with tert-alkyl or cyclic N) is 1. The van der Waals surface area contributed by atoms with Crippen molar-refractivity contribution in [3.8, 4) is 0 Å². The Labute approximate surface area is 103 Å². The fourth-order valence-electron chi connectivity index (χ4n) is 1.87. The van der Waals surface area contributed by atoms with Crippen molar-refractivity contribution >= 4 is 11.7 Å². The van der Waals surface area contributed by atoms with E-state index in [-0.39, 0.29) is 17.4 Å². The van der Waals surface area contributed by atoms with Gasteiger partial charge in [0.25, 0.3) is 5.91 Å². The lowest BCUT2D eigenvalue weighted by atomic mass is 10.1. The summed E-state index contributed by atoms with van der Waals surface area (Å²) in [7, 11) is 0. The molecule has 2 heterocycles. The van der Waals surface area contributed by atoms with Crippen LogP contribution < -0.4 is 10.6 Å². The molecule has 2 unspecified atom stereocenters. The Balaban J connectivity index is 1.89. The maximum Gasteiger partial charge on any atom is 0.321 e. The number of aromatic nitrogens is 1. The van der Waals surface area contributed by atoms with Gasteiger partial charge in [0.05, 0.1) is 6.10 Å². The number of aliphatic hydroxyl groups is 1. The molecule has 8 heteroatoms. The molecule has 1 aromatic rings. The number of nitrogens with zero attached hydrogens (tertiary/aromatic N) is 1. The van der Waals surface area contributed by atoms with E-state index in [9.17, 15) is 20.0 Å². The van der Waals surface area contributed by atoms with Crippen LogP contribution in [0.25, 0.3) is 0 Å². The van der Waals surface area contributed by atoms with Crippen LogP contribution in [0, 0.1) is 16.0 Å². The Morgan fingerprint density at radius 1 is 1.56 bits per heavy atom. The first-order valence-corrected chi connectivity index (χ1v) is 5.58. The summed E-state index contributed by atoms with van der Waals surface area (Å²) >= 11 is 0. The molecular formula is C10H14N4O4. The van der Waals surface area contributed by atoms with E-state index >= 15 is 0 Å². The molecule has 98 valence electrons. The Bertz CT molecular complexity index is 458.